The largest absolute Gasteiger partial charge is 0.379 e. The predicted molar refractivity (Wildman–Crippen MR) is 124 cm³/mol. The monoisotopic (exact) mass is 469 g/mol. The van der Waals surface area contributed by atoms with Gasteiger partial charge in [-0.2, -0.15) is 4.31 Å². The molecule has 0 bridgehead atoms. The van der Waals surface area contributed by atoms with Crippen LogP contribution in [0.1, 0.15) is 31.1 Å². The molecule has 4 rings (SSSR count). The van der Waals surface area contributed by atoms with E-state index in [1.54, 1.807) is 18.2 Å². The van der Waals surface area contributed by atoms with Crippen molar-refractivity contribution in [3.63, 3.8) is 0 Å². The Bertz CT molecular complexity index is 1200. The lowest BCUT2D eigenvalue weighted by atomic mass is 9.74. The maximum absolute atomic E-state index is 12.7. The van der Waals surface area contributed by atoms with Crippen LogP contribution in [0.2, 0.25) is 0 Å². The second kappa shape index (κ2) is 8.81. The van der Waals surface area contributed by atoms with Gasteiger partial charge in [-0.1, -0.05) is 26.8 Å². The molecule has 9 heteroatoms. The van der Waals surface area contributed by atoms with Crippen LogP contribution in [0.5, 0.6) is 0 Å². The number of carbonyl (C=O) groups is 2. The minimum absolute atomic E-state index is 0.0681. The number of allylic oxidation sites excluding steroid dienone is 3. The number of hydrogen-bond donors (Lipinski definition) is 1. The number of fused-ring (bicyclic) bond motifs is 1. The summed E-state index contributed by atoms with van der Waals surface area (Å²) in [6.45, 7) is 7.51. The molecule has 0 aromatic heterocycles. The Labute approximate surface area is 193 Å². The number of benzene rings is 1. The number of hydrogen-bond acceptors (Lipinski definition) is 5. The third-order valence-corrected chi connectivity index (χ3v) is 7.71. The number of amides is 2. The minimum Gasteiger partial charge on any atom is -0.379 e. The highest BCUT2D eigenvalue weighted by Crippen LogP contribution is 2.38. The number of morpholine rings is 1. The Morgan fingerprint density at radius 1 is 1.12 bits per heavy atom. The summed E-state index contributed by atoms with van der Waals surface area (Å²) in [6.07, 6.45) is 7.03. The van der Waals surface area contributed by atoms with E-state index in [4.69, 9.17) is 4.74 Å². The van der Waals surface area contributed by atoms with E-state index in [-0.39, 0.29) is 27.7 Å². The van der Waals surface area contributed by atoms with Crippen molar-refractivity contribution >= 4 is 27.5 Å². The van der Waals surface area contributed by atoms with Crippen LogP contribution in [0.15, 0.2) is 69.7 Å². The SMILES string of the molecule is CC(C)(C)C1=CC(=O)NC2=CC(=NC(=O)c3ccc(S(=O)(=O)N4CCOCC4)cc3)C=CC21. The first kappa shape index (κ1) is 23.3. The second-order valence-corrected chi connectivity index (χ2v) is 11.1. The number of sulfonamides is 1. The topological polar surface area (TPSA) is 105 Å². The highest BCUT2D eigenvalue weighted by atomic mass is 32.2. The zero-order chi connectivity index (χ0) is 23.8. The van der Waals surface area contributed by atoms with Gasteiger partial charge in [-0.25, -0.2) is 13.4 Å². The zero-order valence-corrected chi connectivity index (χ0v) is 19.7. The molecule has 1 aromatic rings. The first-order chi connectivity index (χ1) is 15.6. The van der Waals surface area contributed by atoms with Crippen molar-refractivity contribution in [1.29, 1.82) is 0 Å². The van der Waals surface area contributed by atoms with Crippen LogP contribution in [-0.4, -0.2) is 56.6 Å². The molecule has 2 amide bonds. The van der Waals surface area contributed by atoms with Crippen LogP contribution in [-0.2, 0) is 19.6 Å². The fourth-order valence-corrected chi connectivity index (χ4v) is 5.44. The van der Waals surface area contributed by atoms with E-state index in [0.717, 1.165) is 5.57 Å². The molecule has 1 aliphatic carbocycles. The molecule has 1 N–H and O–H groups in total. The standard InChI is InChI=1S/C24H27N3O5S/c1-24(2,3)20-15-22(28)26-21-14-17(6-9-19(20)21)25-23(29)16-4-7-18(8-5-16)33(30,31)27-10-12-32-13-11-27/h4-9,14-15,19H,10-13H2,1-3H3,(H,26,28). The summed E-state index contributed by atoms with van der Waals surface area (Å²) in [5.41, 5.74) is 2.20. The molecule has 3 aliphatic rings. The molecule has 2 heterocycles. The third-order valence-electron chi connectivity index (χ3n) is 5.79. The molecular formula is C24H27N3O5S. The van der Waals surface area contributed by atoms with E-state index in [0.29, 0.717) is 37.7 Å². The Balaban J connectivity index is 1.52. The van der Waals surface area contributed by atoms with E-state index in [1.165, 1.54) is 28.6 Å². The maximum Gasteiger partial charge on any atom is 0.277 e. The quantitative estimate of drug-likeness (QED) is 0.732. The van der Waals surface area contributed by atoms with Gasteiger partial charge in [0.1, 0.15) is 0 Å². The highest BCUT2D eigenvalue weighted by Gasteiger charge is 2.33. The number of ether oxygens (including phenoxy) is 1. The van der Waals surface area contributed by atoms with E-state index >= 15 is 0 Å². The first-order valence-corrected chi connectivity index (χ1v) is 12.2. The Kier molecular flexibility index (Phi) is 6.22. The van der Waals surface area contributed by atoms with Gasteiger partial charge in [0.25, 0.3) is 5.91 Å². The van der Waals surface area contributed by atoms with Gasteiger partial charge in [0.15, 0.2) is 0 Å². The van der Waals surface area contributed by atoms with Crippen LogP contribution in [0.4, 0.5) is 0 Å². The molecule has 8 nitrogen and oxygen atoms in total. The summed E-state index contributed by atoms with van der Waals surface area (Å²) in [5, 5.41) is 2.84. The summed E-state index contributed by atoms with van der Waals surface area (Å²) in [6, 6.07) is 5.77. The van der Waals surface area contributed by atoms with Crippen LogP contribution >= 0.6 is 0 Å². The first-order valence-electron chi connectivity index (χ1n) is 10.8. The molecule has 0 radical (unpaired) electrons. The molecule has 1 fully saturated rings. The summed E-state index contributed by atoms with van der Waals surface area (Å²) in [7, 11) is -3.63. The zero-order valence-electron chi connectivity index (χ0n) is 18.9. The average molecular weight is 470 g/mol. The molecule has 1 saturated heterocycles. The Hall–Kier alpha value is -2.88. The van der Waals surface area contributed by atoms with Crippen molar-refractivity contribution in [3.05, 3.63) is 65.4 Å². The van der Waals surface area contributed by atoms with Crippen LogP contribution in [0.25, 0.3) is 0 Å². The molecule has 33 heavy (non-hydrogen) atoms. The minimum atomic E-state index is -3.63. The fourth-order valence-electron chi connectivity index (χ4n) is 4.03. The lowest BCUT2D eigenvalue weighted by molar-refractivity contribution is -0.116. The third kappa shape index (κ3) is 4.90. The number of nitrogens with zero attached hydrogens (tertiary/aromatic N) is 2. The molecule has 1 atom stereocenters. The van der Waals surface area contributed by atoms with Crippen molar-refractivity contribution in [3.8, 4) is 0 Å². The average Bonchev–Trinajstić information content (AvgIpc) is 2.78. The number of aliphatic imine (C=N–C) groups is 1. The highest BCUT2D eigenvalue weighted by molar-refractivity contribution is 7.89. The molecule has 0 saturated carbocycles. The van der Waals surface area contributed by atoms with Crippen molar-refractivity contribution in [2.45, 2.75) is 25.7 Å². The van der Waals surface area contributed by atoms with E-state index in [1.807, 2.05) is 6.08 Å². The molecule has 174 valence electrons. The van der Waals surface area contributed by atoms with Gasteiger partial charge in [0, 0.05) is 36.3 Å². The summed E-state index contributed by atoms with van der Waals surface area (Å²) in [4.78, 5) is 29.1. The second-order valence-electron chi connectivity index (χ2n) is 9.16. The van der Waals surface area contributed by atoms with Gasteiger partial charge in [-0.15, -0.1) is 0 Å². The van der Waals surface area contributed by atoms with E-state index in [9.17, 15) is 18.0 Å². The lowest BCUT2D eigenvalue weighted by Crippen LogP contribution is -2.40. The molecule has 1 unspecified atom stereocenters. The van der Waals surface area contributed by atoms with Crippen molar-refractivity contribution in [2.75, 3.05) is 26.3 Å². The molecule has 0 spiro atoms. The normalized spacial score (nSPS) is 22.9. The van der Waals surface area contributed by atoms with Crippen molar-refractivity contribution in [1.82, 2.24) is 9.62 Å². The van der Waals surface area contributed by atoms with Crippen LogP contribution in [0.3, 0.4) is 0 Å². The van der Waals surface area contributed by atoms with Gasteiger partial charge < -0.3 is 10.1 Å². The van der Waals surface area contributed by atoms with Crippen molar-refractivity contribution < 1.29 is 22.7 Å². The van der Waals surface area contributed by atoms with Crippen LogP contribution in [0, 0.1) is 11.3 Å². The Morgan fingerprint density at radius 3 is 2.42 bits per heavy atom. The fraction of sp³-hybridized carbons (Fsp3) is 0.375. The molecule has 2 aliphatic heterocycles. The van der Waals surface area contributed by atoms with E-state index in [2.05, 4.69) is 31.1 Å². The number of rotatable bonds is 3. The van der Waals surface area contributed by atoms with Gasteiger partial charge in [-0.05, 0) is 47.4 Å². The summed E-state index contributed by atoms with van der Waals surface area (Å²) >= 11 is 0. The van der Waals surface area contributed by atoms with E-state index < -0.39 is 15.9 Å². The summed E-state index contributed by atoms with van der Waals surface area (Å²) < 4.78 is 32.1. The summed E-state index contributed by atoms with van der Waals surface area (Å²) in [5.74, 6) is -0.754. The predicted octanol–water partition coefficient (Wildman–Crippen LogP) is 2.46. The van der Waals surface area contributed by atoms with Gasteiger partial charge in [-0.3, -0.25) is 9.59 Å². The number of carbonyl (C=O) groups excluding carboxylic acids is 2. The number of nitrogens with one attached hydrogen (secondary N) is 1. The molecular weight excluding hydrogens is 442 g/mol. The maximum atomic E-state index is 12.7. The smallest absolute Gasteiger partial charge is 0.277 e. The van der Waals surface area contributed by atoms with Crippen molar-refractivity contribution in [2.24, 2.45) is 16.3 Å². The van der Waals surface area contributed by atoms with Gasteiger partial charge >= 0.3 is 0 Å². The van der Waals surface area contributed by atoms with Crippen LogP contribution < -0.4 is 5.32 Å². The lowest BCUT2D eigenvalue weighted by Gasteiger charge is -2.34. The molecule has 1 aromatic carbocycles. The van der Waals surface area contributed by atoms with Gasteiger partial charge in [0.05, 0.1) is 23.8 Å². The van der Waals surface area contributed by atoms with Gasteiger partial charge in [0.2, 0.25) is 15.9 Å². The Morgan fingerprint density at radius 2 is 1.79 bits per heavy atom.